The van der Waals surface area contributed by atoms with Crippen molar-refractivity contribution in [2.24, 2.45) is 0 Å². The van der Waals surface area contributed by atoms with Gasteiger partial charge in [-0.15, -0.1) is 0 Å². The molecule has 0 fully saturated rings. The van der Waals surface area contributed by atoms with Crippen molar-refractivity contribution in [1.29, 1.82) is 0 Å². The zero-order valence-electron chi connectivity index (χ0n) is 13.9. The molecule has 3 aromatic rings. The number of amides is 1. The van der Waals surface area contributed by atoms with Crippen molar-refractivity contribution in [3.8, 4) is 0 Å². The van der Waals surface area contributed by atoms with Gasteiger partial charge in [-0.1, -0.05) is 28.1 Å². The molecule has 0 unspecified atom stereocenters. The van der Waals surface area contributed by atoms with Crippen LogP contribution < -0.4 is 10.6 Å². The van der Waals surface area contributed by atoms with E-state index < -0.39 is 0 Å². The third kappa shape index (κ3) is 4.42. The Morgan fingerprint density at radius 2 is 1.76 bits per heavy atom. The van der Waals surface area contributed by atoms with Crippen molar-refractivity contribution in [1.82, 2.24) is 9.97 Å². The Morgan fingerprint density at radius 1 is 1.00 bits per heavy atom. The number of carbonyl (C=O) groups is 1. The minimum Gasteiger partial charge on any atom is -0.339 e. The Morgan fingerprint density at radius 3 is 2.44 bits per heavy atom. The topological polar surface area (TPSA) is 66.9 Å². The Kier molecular flexibility index (Phi) is 5.09. The molecular formula is C19H17BrN4O. The summed E-state index contributed by atoms with van der Waals surface area (Å²) in [4.78, 5) is 20.7. The number of hydrogen-bond donors (Lipinski definition) is 2. The average Bonchev–Trinajstić information content (AvgIpc) is 2.61. The molecule has 2 N–H and O–H groups in total. The van der Waals surface area contributed by atoms with Crippen LogP contribution in [0.2, 0.25) is 0 Å². The maximum Gasteiger partial charge on any atom is 0.275 e. The summed E-state index contributed by atoms with van der Waals surface area (Å²) in [5.41, 5.74) is 4.21. The second-order valence-corrected chi connectivity index (χ2v) is 6.61. The van der Waals surface area contributed by atoms with Crippen molar-refractivity contribution in [2.45, 2.75) is 13.8 Å². The van der Waals surface area contributed by atoms with Gasteiger partial charge in [0.1, 0.15) is 11.5 Å². The number of carbonyl (C=O) groups excluding carboxylic acids is 1. The molecule has 5 nitrogen and oxygen atoms in total. The zero-order chi connectivity index (χ0) is 17.8. The molecule has 0 aliphatic carbocycles. The summed E-state index contributed by atoms with van der Waals surface area (Å²) >= 11 is 3.36. The summed E-state index contributed by atoms with van der Waals surface area (Å²) in [6, 6.07) is 13.5. The van der Waals surface area contributed by atoms with E-state index in [1.807, 2.05) is 50.2 Å². The predicted octanol–water partition coefficient (Wildman–Crippen LogP) is 4.85. The first-order chi connectivity index (χ1) is 12.0. The van der Waals surface area contributed by atoms with Crippen LogP contribution in [0.25, 0.3) is 0 Å². The minimum atomic E-state index is -0.298. The van der Waals surface area contributed by atoms with E-state index in [1.165, 1.54) is 6.20 Å². The van der Waals surface area contributed by atoms with Gasteiger partial charge in [0.25, 0.3) is 5.91 Å². The quantitative estimate of drug-likeness (QED) is 0.661. The predicted molar refractivity (Wildman–Crippen MR) is 103 cm³/mol. The third-order valence-electron chi connectivity index (χ3n) is 3.64. The molecule has 0 spiro atoms. The van der Waals surface area contributed by atoms with Crippen molar-refractivity contribution < 1.29 is 4.79 Å². The molecule has 25 heavy (non-hydrogen) atoms. The largest absolute Gasteiger partial charge is 0.339 e. The molecule has 0 aliphatic rings. The number of nitrogens with zero attached hydrogens (tertiary/aromatic N) is 2. The molecule has 1 amide bonds. The van der Waals surface area contributed by atoms with Crippen LogP contribution in [0.15, 0.2) is 59.3 Å². The number of nitrogens with one attached hydrogen (secondary N) is 2. The van der Waals surface area contributed by atoms with E-state index in [9.17, 15) is 4.79 Å². The molecule has 2 aromatic carbocycles. The molecule has 126 valence electrons. The first-order valence-corrected chi connectivity index (χ1v) is 8.54. The van der Waals surface area contributed by atoms with Gasteiger partial charge >= 0.3 is 0 Å². The van der Waals surface area contributed by atoms with E-state index in [4.69, 9.17) is 0 Å². The van der Waals surface area contributed by atoms with Crippen LogP contribution in [-0.2, 0) is 0 Å². The number of benzene rings is 2. The number of halogens is 1. The van der Waals surface area contributed by atoms with Crippen LogP contribution in [0.1, 0.15) is 21.6 Å². The van der Waals surface area contributed by atoms with E-state index >= 15 is 0 Å². The van der Waals surface area contributed by atoms with Crippen LogP contribution in [0, 0.1) is 13.8 Å². The molecule has 3 rings (SSSR count). The highest BCUT2D eigenvalue weighted by Gasteiger charge is 2.09. The maximum absolute atomic E-state index is 12.2. The lowest BCUT2D eigenvalue weighted by Crippen LogP contribution is -2.14. The van der Waals surface area contributed by atoms with Gasteiger partial charge in [-0.3, -0.25) is 4.79 Å². The summed E-state index contributed by atoms with van der Waals surface area (Å²) < 4.78 is 0.951. The van der Waals surface area contributed by atoms with Crippen LogP contribution in [-0.4, -0.2) is 15.9 Å². The first kappa shape index (κ1) is 17.1. The number of aryl methyl sites for hydroxylation is 2. The van der Waals surface area contributed by atoms with E-state index in [-0.39, 0.29) is 11.6 Å². The molecule has 0 atom stereocenters. The van der Waals surface area contributed by atoms with Crippen LogP contribution >= 0.6 is 15.9 Å². The van der Waals surface area contributed by atoms with Gasteiger partial charge in [0, 0.05) is 15.8 Å². The highest BCUT2D eigenvalue weighted by atomic mass is 79.9. The Labute approximate surface area is 154 Å². The number of anilines is 3. The summed E-state index contributed by atoms with van der Waals surface area (Å²) in [5, 5.41) is 6.01. The second kappa shape index (κ2) is 7.44. The average molecular weight is 397 g/mol. The molecule has 1 aromatic heterocycles. The fourth-order valence-corrected chi connectivity index (χ4v) is 2.51. The third-order valence-corrected chi connectivity index (χ3v) is 4.17. The van der Waals surface area contributed by atoms with E-state index in [2.05, 4.69) is 42.6 Å². The Hall–Kier alpha value is -2.73. The second-order valence-electron chi connectivity index (χ2n) is 5.69. The zero-order valence-corrected chi connectivity index (χ0v) is 15.5. The monoisotopic (exact) mass is 396 g/mol. The number of rotatable bonds is 4. The molecule has 0 saturated carbocycles. The molecule has 0 aliphatic heterocycles. The number of hydrogen-bond acceptors (Lipinski definition) is 4. The van der Waals surface area contributed by atoms with Gasteiger partial charge in [0.05, 0.1) is 12.4 Å². The maximum atomic E-state index is 12.2. The lowest BCUT2D eigenvalue weighted by Gasteiger charge is -2.10. The van der Waals surface area contributed by atoms with Crippen LogP contribution in [0.3, 0.4) is 0 Å². The number of aromatic nitrogens is 2. The molecule has 6 heteroatoms. The van der Waals surface area contributed by atoms with E-state index in [0.717, 1.165) is 21.3 Å². The SMILES string of the molecule is Cc1ccc(C)c(Nc2cnc(C(=O)Nc3ccc(Br)cc3)cn2)c1. The standard InChI is InChI=1S/C19H17BrN4O/c1-12-3-4-13(2)16(9-12)24-18-11-21-17(10-22-18)19(25)23-15-7-5-14(20)6-8-15/h3-11H,1-2H3,(H,22,24)(H,23,25). The van der Waals surface area contributed by atoms with Crippen molar-refractivity contribution in [3.05, 3.63) is 76.2 Å². The lowest BCUT2D eigenvalue weighted by atomic mass is 10.1. The molecule has 0 radical (unpaired) electrons. The van der Waals surface area contributed by atoms with Crippen molar-refractivity contribution in [3.63, 3.8) is 0 Å². The smallest absolute Gasteiger partial charge is 0.275 e. The van der Waals surface area contributed by atoms with Crippen molar-refractivity contribution >= 4 is 39.0 Å². The van der Waals surface area contributed by atoms with Crippen LogP contribution in [0.4, 0.5) is 17.2 Å². The van der Waals surface area contributed by atoms with Gasteiger partial charge in [-0.2, -0.15) is 0 Å². The highest BCUT2D eigenvalue weighted by molar-refractivity contribution is 9.10. The van der Waals surface area contributed by atoms with Gasteiger partial charge in [0.15, 0.2) is 0 Å². The van der Waals surface area contributed by atoms with Gasteiger partial charge in [0.2, 0.25) is 0 Å². The summed E-state index contributed by atoms with van der Waals surface area (Å²) in [7, 11) is 0. The van der Waals surface area contributed by atoms with Gasteiger partial charge < -0.3 is 10.6 Å². The summed E-state index contributed by atoms with van der Waals surface area (Å²) in [6.07, 6.45) is 3.01. The van der Waals surface area contributed by atoms with Crippen LogP contribution in [0.5, 0.6) is 0 Å². The molecular weight excluding hydrogens is 380 g/mol. The lowest BCUT2D eigenvalue weighted by molar-refractivity contribution is 0.102. The fraction of sp³-hybridized carbons (Fsp3) is 0.105. The molecule has 1 heterocycles. The normalized spacial score (nSPS) is 10.4. The van der Waals surface area contributed by atoms with Gasteiger partial charge in [-0.25, -0.2) is 9.97 Å². The Bertz CT molecular complexity index is 892. The molecule has 0 saturated heterocycles. The fourth-order valence-electron chi connectivity index (χ4n) is 2.25. The Balaban J connectivity index is 1.70. The van der Waals surface area contributed by atoms with E-state index in [1.54, 1.807) is 6.20 Å². The highest BCUT2D eigenvalue weighted by Crippen LogP contribution is 2.20. The van der Waals surface area contributed by atoms with Crippen molar-refractivity contribution in [2.75, 3.05) is 10.6 Å². The summed E-state index contributed by atoms with van der Waals surface area (Å²) in [5.74, 6) is 0.294. The molecule has 0 bridgehead atoms. The summed E-state index contributed by atoms with van der Waals surface area (Å²) in [6.45, 7) is 4.06. The van der Waals surface area contributed by atoms with E-state index in [0.29, 0.717) is 11.5 Å². The first-order valence-electron chi connectivity index (χ1n) is 7.74. The minimum absolute atomic E-state index is 0.259. The van der Waals surface area contributed by atoms with Gasteiger partial charge in [-0.05, 0) is 55.3 Å².